The zero-order valence-corrected chi connectivity index (χ0v) is 24.8. The lowest BCUT2D eigenvalue weighted by Gasteiger charge is -2.33. The molecule has 0 aliphatic rings. The molecule has 0 bridgehead atoms. The van der Waals surface area contributed by atoms with Gasteiger partial charge in [-0.1, -0.05) is 107 Å². The number of anilines is 1. The molecule has 0 radical (unpaired) electrons. The monoisotopic (exact) mass is 562 g/mol. The quantitative estimate of drug-likeness (QED) is 0.202. The highest BCUT2D eigenvalue weighted by molar-refractivity contribution is 6.01. The van der Waals surface area contributed by atoms with Gasteiger partial charge in [0.25, 0.3) is 5.91 Å². The van der Waals surface area contributed by atoms with Crippen LogP contribution in [0.3, 0.4) is 0 Å². The van der Waals surface area contributed by atoms with Crippen molar-refractivity contribution in [2.24, 2.45) is 0 Å². The number of carbonyl (C=O) groups is 3. The number of nitrogens with zero attached hydrogens (tertiary/aromatic N) is 1. The van der Waals surface area contributed by atoms with Gasteiger partial charge in [0.1, 0.15) is 6.54 Å². The molecule has 42 heavy (non-hydrogen) atoms. The number of esters is 1. The Morgan fingerprint density at radius 2 is 1.14 bits per heavy atom. The Hall–Kier alpha value is -4.71. The second-order valence-electron chi connectivity index (χ2n) is 10.9. The van der Waals surface area contributed by atoms with E-state index < -0.39 is 12.0 Å². The fourth-order valence-electron chi connectivity index (χ4n) is 5.16. The molecule has 0 aliphatic heterocycles. The van der Waals surface area contributed by atoms with Crippen molar-refractivity contribution in [2.75, 3.05) is 19.0 Å². The number of methoxy groups -OCH3 is 1. The van der Waals surface area contributed by atoms with Crippen molar-refractivity contribution < 1.29 is 19.1 Å². The van der Waals surface area contributed by atoms with E-state index in [-0.39, 0.29) is 30.2 Å². The van der Waals surface area contributed by atoms with Crippen LogP contribution in [0.2, 0.25) is 0 Å². The van der Waals surface area contributed by atoms with E-state index in [0.29, 0.717) is 11.1 Å². The van der Waals surface area contributed by atoms with Gasteiger partial charge < -0.3 is 15.0 Å². The third kappa shape index (κ3) is 6.95. The topological polar surface area (TPSA) is 75.7 Å². The standard InChI is InChI=1S/C36H38N2O4/c1-24(2)30-17-12-18-31(25(3)4)33(30)37-32(39)23-38(35(40)28-19-21-29(22-20-28)36(41)42-5)34(26-13-8-6-9-14-26)27-15-10-7-11-16-27/h6-22,24-25,34H,23H2,1-5H3,(H,37,39). The van der Waals surface area contributed by atoms with Gasteiger partial charge in [-0.3, -0.25) is 9.59 Å². The summed E-state index contributed by atoms with van der Waals surface area (Å²) in [6.07, 6.45) is 0. The van der Waals surface area contributed by atoms with Crippen LogP contribution in [-0.2, 0) is 9.53 Å². The van der Waals surface area contributed by atoms with Crippen LogP contribution < -0.4 is 5.32 Å². The molecule has 0 unspecified atom stereocenters. The third-order valence-corrected chi connectivity index (χ3v) is 7.31. The predicted octanol–water partition coefficient (Wildman–Crippen LogP) is 7.59. The molecule has 216 valence electrons. The second kappa shape index (κ2) is 13.8. The van der Waals surface area contributed by atoms with Gasteiger partial charge in [0.05, 0.1) is 18.7 Å². The molecule has 4 aromatic rings. The second-order valence-corrected chi connectivity index (χ2v) is 10.9. The Morgan fingerprint density at radius 3 is 1.60 bits per heavy atom. The van der Waals surface area contributed by atoms with E-state index in [9.17, 15) is 14.4 Å². The van der Waals surface area contributed by atoms with Gasteiger partial charge in [-0.25, -0.2) is 4.79 Å². The molecule has 0 saturated carbocycles. The highest BCUT2D eigenvalue weighted by Gasteiger charge is 2.30. The van der Waals surface area contributed by atoms with Crippen LogP contribution in [0.25, 0.3) is 0 Å². The number of nitrogens with one attached hydrogen (secondary N) is 1. The van der Waals surface area contributed by atoms with E-state index in [0.717, 1.165) is 27.9 Å². The van der Waals surface area contributed by atoms with Crippen LogP contribution >= 0.6 is 0 Å². The van der Waals surface area contributed by atoms with Crippen LogP contribution in [0.5, 0.6) is 0 Å². The zero-order chi connectivity index (χ0) is 30.2. The Bertz CT molecular complexity index is 1450. The number of hydrogen-bond donors (Lipinski definition) is 1. The van der Waals surface area contributed by atoms with Gasteiger partial charge in [-0.2, -0.15) is 0 Å². The van der Waals surface area contributed by atoms with E-state index in [1.165, 1.54) is 7.11 Å². The highest BCUT2D eigenvalue weighted by Crippen LogP contribution is 2.34. The van der Waals surface area contributed by atoms with Crippen LogP contribution in [0.15, 0.2) is 103 Å². The third-order valence-electron chi connectivity index (χ3n) is 7.31. The first kappa shape index (κ1) is 30.3. The van der Waals surface area contributed by atoms with E-state index in [1.807, 2.05) is 78.9 Å². The average Bonchev–Trinajstić information content (AvgIpc) is 3.01. The molecule has 0 aromatic heterocycles. The maximum atomic E-state index is 14.3. The Kier molecular flexibility index (Phi) is 9.92. The molecular formula is C36H38N2O4. The van der Waals surface area contributed by atoms with Crippen molar-refractivity contribution in [3.8, 4) is 0 Å². The smallest absolute Gasteiger partial charge is 0.337 e. The molecule has 2 amide bonds. The van der Waals surface area contributed by atoms with Gasteiger partial charge in [-0.15, -0.1) is 0 Å². The number of rotatable bonds is 10. The summed E-state index contributed by atoms with van der Waals surface area (Å²) in [4.78, 5) is 41.7. The summed E-state index contributed by atoms with van der Waals surface area (Å²) in [7, 11) is 1.31. The van der Waals surface area contributed by atoms with E-state index in [1.54, 1.807) is 29.2 Å². The summed E-state index contributed by atoms with van der Waals surface area (Å²) in [6, 6.07) is 31.3. The van der Waals surface area contributed by atoms with Gasteiger partial charge in [-0.05, 0) is 58.4 Å². The molecule has 0 heterocycles. The summed E-state index contributed by atoms with van der Waals surface area (Å²) in [5.74, 6) is -0.707. The highest BCUT2D eigenvalue weighted by atomic mass is 16.5. The first-order chi connectivity index (χ1) is 20.2. The zero-order valence-electron chi connectivity index (χ0n) is 24.8. The van der Waals surface area contributed by atoms with Crippen LogP contribution in [0.1, 0.15) is 88.5 Å². The number of para-hydroxylation sites is 1. The molecular weight excluding hydrogens is 524 g/mol. The summed E-state index contributed by atoms with van der Waals surface area (Å²) in [5, 5.41) is 3.17. The van der Waals surface area contributed by atoms with Gasteiger partial charge >= 0.3 is 5.97 Å². The number of benzene rings is 4. The summed E-state index contributed by atoms with van der Waals surface area (Å²) in [6.45, 7) is 8.22. The number of hydrogen-bond acceptors (Lipinski definition) is 4. The summed E-state index contributed by atoms with van der Waals surface area (Å²) < 4.78 is 4.81. The first-order valence-corrected chi connectivity index (χ1v) is 14.2. The van der Waals surface area contributed by atoms with E-state index >= 15 is 0 Å². The SMILES string of the molecule is COC(=O)c1ccc(C(=O)N(CC(=O)Nc2c(C(C)C)cccc2C(C)C)C(c2ccccc2)c2ccccc2)cc1. The average molecular weight is 563 g/mol. The van der Waals surface area contributed by atoms with Crippen molar-refractivity contribution in [3.05, 3.63) is 137 Å². The molecule has 1 N–H and O–H groups in total. The fourth-order valence-corrected chi connectivity index (χ4v) is 5.16. The molecule has 0 atom stereocenters. The van der Waals surface area contributed by atoms with E-state index in [2.05, 4.69) is 33.0 Å². The molecule has 4 aromatic carbocycles. The minimum atomic E-state index is -0.532. The largest absolute Gasteiger partial charge is 0.465 e. The van der Waals surface area contributed by atoms with Crippen LogP contribution in [-0.4, -0.2) is 36.3 Å². The molecule has 0 spiro atoms. The van der Waals surface area contributed by atoms with Crippen molar-refractivity contribution in [3.63, 3.8) is 0 Å². The molecule has 0 saturated heterocycles. The lowest BCUT2D eigenvalue weighted by molar-refractivity contribution is -0.117. The van der Waals surface area contributed by atoms with Crippen molar-refractivity contribution in [1.29, 1.82) is 0 Å². The van der Waals surface area contributed by atoms with Crippen molar-refractivity contribution in [1.82, 2.24) is 4.90 Å². The first-order valence-electron chi connectivity index (χ1n) is 14.2. The minimum Gasteiger partial charge on any atom is -0.465 e. The number of ether oxygens (including phenoxy) is 1. The molecule has 6 heteroatoms. The lowest BCUT2D eigenvalue weighted by Crippen LogP contribution is -2.41. The van der Waals surface area contributed by atoms with Crippen LogP contribution in [0, 0.1) is 0 Å². The Balaban J connectivity index is 1.78. The Morgan fingerprint density at radius 1 is 0.667 bits per heavy atom. The maximum Gasteiger partial charge on any atom is 0.337 e. The predicted molar refractivity (Wildman–Crippen MR) is 167 cm³/mol. The Labute approximate surface area is 248 Å². The van der Waals surface area contributed by atoms with Crippen molar-refractivity contribution in [2.45, 2.75) is 45.6 Å². The van der Waals surface area contributed by atoms with Gasteiger partial charge in [0, 0.05) is 11.3 Å². The van der Waals surface area contributed by atoms with Crippen LogP contribution in [0.4, 0.5) is 5.69 Å². The molecule has 4 rings (SSSR count). The maximum absolute atomic E-state index is 14.3. The van der Waals surface area contributed by atoms with Crippen molar-refractivity contribution >= 4 is 23.5 Å². The molecule has 0 aliphatic carbocycles. The number of amides is 2. The molecule has 0 fully saturated rings. The summed E-state index contributed by atoms with van der Waals surface area (Å²) >= 11 is 0. The fraction of sp³-hybridized carbons (Fsp3) is 0.250. The van der Waals surface area contributed by atoms with Gasteiger partial charge in [0.2, 0.25) is 5.91 Å². The lowest BCUT2D eigenvalue weighted by atomic mass is 9.92. The number of carbonyl (C=O) groups excluding carboxylic acids is 3. The molecule has 6 nitrogen and oxygen atoms in total. The van der Waals surface area contributed by atoms with E-state index in [4.69, 9.17) is 4.74 Å². The summed E-state index contributed by atoms with van der Waals surface area (Å²) in [5.41, 5.74) is 5.36. The normalized spacial score (nSPS) is 11.0. The minimum absolute atomic E-state index is 0.185. The van der Waals surface area contributed by atoms with Gasteiger partial charge in [0.15, 0.2) is 0 Å².